The average molecular weight is 375 g/mol. The number of hydrogen-bond acceptors (Lipinski definition) is 3. The molecule has 0 saturated heterocycles. The minimum Gasteiger partial charge on any atom is -0.484 e. The van der Waals surface area contributed by atoms with Gasteiger partial charge in [-0.1, -0.05) is 26.0 Å². The van der Waals surface area contributed by atoms with Crippen LogP contribution in [-0.2, 0) is 6.54 Å². The highest BCUT2D eigenvalue weighted by Gasteiger charge is 2.28. The number of rotatable bonds is 9. The first-order chi connectivity index (χ1) is 12.2. The molecule has 0 radical (unpaired) electrons. The SMILES string of the molecule is CCNC(=NCc1ccc(OCC(F)(F)F)cc1)NCC(O)(CC)CC. The lowest BCUT2D eigenvalue weighted by atomic mass is 9.98. The first-order valence-electron chi connectivity index (χ1n) is 8.74. The first-order valence-corrected chi connectivity index (χ1v) is 8.74. The van der Waals surface area contributed by atoms with Crippen molar-refractivity contribution in [2.45, 2.75) is 51.9 Å². The van der Waals surface area contributed by atoms with Crippen LogP contribution >= 0.6 is 0 Å². The van der Waals surface area contributed by atoms with E-state index in [1.54, 1.807) is 12.1 Å². The topological polar surface area (TPSA) is 65.9 Å². The molecule has 1 aromatic rings. The van der Waals surface area contributed by atoms with E-state index in [1.807, 2.05) is 20.8 Å². The van der Waals surface area contributed by atoms with E-state index in [9.17, 15) is 18.3 Å². The lowest BCUT2D eigenvalue weighted by Crippen LogP contribution is -2.46. The van der Waals surface area contributed by atoms with Crippen molar-refractivity contribution in [3.8, 4) is 5.75 Å². The van der Waals surface area contributed by atoms with Crippen molar-refractivity contribution in [2.75, 3.05) is 19.7 Å². The van der Waals surface area contributed by atoms with Crippen molar-refractivity contribution in [1.29, 1.82) is 0 Å². The van der Waals surface area contributed by atoms with Crippen molar-refractivity contribution in [2.24, 2.45) is 4.99 Å². The van der Waals surface area contributed by atoms with Gasteiger partial charge in [0, 0.05) is 13.1 Å². The Morgan fingerprint density at radius 3 is 2.19 bits per heavy atom. The van der Waals surface area contributed by atoms with E-state index in [-0.39, 0.29) is 5.75 Å². The van der Waals surface area contributed by atoms with E-state index < -0.39 is 18.4 Å². The van der Waals surface area contributed by atoms with Gasteiger partial charge in [0.15, 0.2) is 12.6 Å². The number of aliphatic imine (C=N–C) groups is 1. The maximum atomic E-state index is 12.1. The first kappa shape index (κ1) is 22.1. The summed E-state index contributed by atoms with van der Waals surface area (Å²) in [5.74, 6) is 0.737. The molecule has 0 bridgehead atoms. The van der Waals surface area contributed by atoms with Gasteiger partial charge in [0.05, 0.1) is 12.1 Å². The van der Waals surface area contributed by atoms with Gasteiger partial charge in [-0.05, 0) is 37.5 Å². The van der Waals surface area contributed by atoms with Gasteiger partial charge in [-0.15, -0.1) is 0 Å². The third-order valence-corrected chi connectivity index (χ3v) is 3.99. The van der Waals surface area contributed by atoms with Gasteiger partial charge in [0.25, 0.3) is 0 Å². The minimum atomic E-state index is -4.35. The highest BCUT2D eigenvalue weighted by molar-refractivity contribution is 5.79. The third kappa shape index (κ3) is 8.42. The molecule has 148 valence electrons. The molecule has 0 saturated carbocycles. The molecule has 1 rings (SSSR count). The number of nitrogens with zero attached hydrogens (tertiary/aromatic N) is 1. The van der Waals surface area contributed by atoms with Gasteiger partial charge < -0.3 is 20.5 Å². The zero-order valence-corrected chi connectivity index (χ0v) is 15.5. The van der Waals surface area contributed by atoms with Gasteiger partial charge in [-0.2, -0.15) is 13.2 Å². The Labute approximate surface area is 152 Å². The fraction of sp³-hybridized carbons (Fsp3) is 0.611. The van der Waals surface area contributed by atoms with Crippen LogP contribution in [0.15, 0.2) is 29.3 Å². The second-order valence-corrected chi connectivity index (χ2v) is 6.03. The standard InChI is InChI=1S/C18H28F3N3O2/c1-4-17(25,5-2)12-24-16(22-6-3)23-11-14-7-9-15(10-8-14)26-13-18(19,20)21/h7-10,25H,4-6,11-13H2,1-3H3,(H2,22,23,24). The fourth-order valence-corrected chi connectivity index (χ4v) is 2.12. The van der Waals surface area contributed by atoms with Gasteiger partial charge in [0.1, 0.15) is 5.75 Å². The number of alkyl halides is 3. The molecule has 0 fully saturated rings. The van der Waals surface area contributed by atoms with Gasteiger partial charge in [-0.25, -0.2) is 4.99 Å². The molecule has 0 aromatic heterocycles. The molecule has 0 heterocycles. The van der Waals surface area contributed by atoms with Crippen LogP contribution in [0.5, 0.6) is 5.75 Å². The molecule has 26 heavy (non-hydrogen) atoms. The molecule has 0 aliphatic rings. The smallest absolute Gasteiger partial charge is 0.422 e. The number of aliphatic hydroxyl groups is 1. The van der Waals surface area contributed by atoms with Crippen LogP contribution in [-0.4, -0.2) is 42.5 Å². The number of ether oxygens (including phenoxy) is 1. The number of hydrogen-bond donors (Lipinski definition) is 3. The Morgan fingerprint density at radius 1 is 1.08 bits per heavy atom. The number of benzene rings is 1. The molecule has 3 N–H and O–H groups in total. The van der Waals surface area contributed by atoms with E-state index in [4.69, 9.17) is 0 Å². The normalized spacial score (nSPS) is 12.8. The summed E-state index contributed by atoms with van der Waals surface area (Å²) in [7, 11) is 0. The largest absolute Gasteiger partial charge is 0.484 e. The molecule has 1 aromatic carbocycles. The predicted molar refractivity (Wildman–Crippen MR) is 96.3 cm³/mol. The molecule has 0 aliphatic heterocycles. The van der Waals surface area contributed by atoms with Crippen LogP contribution in [0.25, 0.3) is 0 Å². The molecular weight excluding hydrogens is 347 g/mol. The molecule has 8 heteroatoms. The second kappa shape index (κ2) is 10.3. The molecule has 0 unspecified atom stereocenters. The predicted octanol–water partition coefficient (Wildman–Crippen LogP) is 3.23. The van der Waals surface area contributed by atoms with Crippen molar-refractivity contribution in [1.82, 2.24) is 10.6 Å². The zero-order chi connectivity index (χ0) is 19.6. The summed E-state index contributed by atoms with van der Waals surface area (Å²) < 4.78 is 41.1. The van der Waals surface area contributed by atoms with Crippen LogP contribution < -0.4 is 15.4 Å². The van der Waals surface area contributed by atoms with E-state index >= 15 is 0 Å². The summed E-state index contributed by atoms with van der Waals surface area (Å²) >= 11 is 0. The highest BCUT2D eigenvalue weighted by atomic mass is 19.4. The van der Waals surface area contributed by atoms with Gasteiger partial charge >= 0.3 is 6.18 Å². The van der Waals surface area contributed by atoms with E-state index in [1.165, 1.54) is 12.1 Å². The lowest BCUT2D eigenvalue weighted by Gasteiger charge is -2.26. The average Bonchev–Trinajstić information content (AvgIpc) is 2.62. The lowest BCUT2D eigenvalue weighted by molar-refractivity contribution is -0.153. The minimum absolute atomic E-state index is 0.163. The maximum Gasteiger partial charge on any atom is 0.422 e. The number of halogens is 3. The van der Waals surface area contributed by atoms with Crippen molar-refractivity contribution in [3.63, 3.8) is 0 Å². The second-order valence-electron chi connectivity index (χ2n) is 6.03. The van der Waals surface area contributed by atoms with E-state index in [2.05, 4.69) is 20.4 Å². The molecule has 0 atom stereocenters. The molecule has 5 nitrogen and oxygen atoms in total. The van der Waals surface area contributed by atoms with Crippen molar-refractivity contribution >= 4 is 5.96 Å². The van der Waals surface area contributed by atoms with Crippen LogP contribution in [0, 0.1) is 0 Å². The zero-order valence-electron chi connectivity index (χ0n) is 15.5. The van der Waals surface area contributed by atoms with E-state index in [0.29, 0.717) is 38.4 Å². The highest BCUT2D eigenvalue weighted by Crippen LogP contribution is 2.19. The summed E-state index contributed by atoms with van der Waals surface area (Å²) in [6.07, 6.45) is -3.08. The molecule has 0 amide bonds. The summed E-state index contributed by atoms with van der Waals surface area (Å²) in [5.41, 5.74) is 0.0519. The van der Waals surface area contributed by atoms with Crippen molar-refractivity contribution < 1.29 is 23.0 Å². The summed E-state index contributed by atoms with van der Waals surface area (Å²) in [6, 6.07) is 6.33. The van der Waals surface area contributed by atoms with Crippen LogP contribution in [0.4, 0.5) is 13.2 Å². The fourth-order valence-electron chi connectivity index (χ4n) is 2.12. The molecule has 0 aliphatic carbocycles. The summed E-state index contributed by atoms with van der Waals surface area (Å²) in [4.78, 5) is 4.43. The van der Waals surface area contributed by atoms with Crippen LogP contribution in [0.2, 0.25) is 0 Å². The third-order valence-electron chi connectivity index (χ3n) is 3.99. The van der Waals surface area contributed by atoms with Gasteiger partial charge in [-0.3, -0.25) is 0 Å². The maximum absolute atomic E-state index is 12.1. The molecular formula is C18H28F3N3O2. The van der Waals surface area contributed by atoms with Crippen LogP contribution in [0.3, 0.4) is 0 Å². The Balaban J connectivity index is 2.63. The number of nitrogens with one attached hydrogen (secondary N) is 2. The molecule has 0 spiro atoms. The quantitative estimate of drug-likeness (QED) is 0.458. The monoisotopic (exact) mass is 375 g/mol. The number of guanidine groups is 1. The summed E-state index contributed by atoms with van der Waals surface area (Å²) in [6.45, 7) is 5.90. The van der Waals surface area contributed by atoms with Gasteiger partial charge in [0.2, 0.25) is 0 Å². The van der Waals surface area contributed by atoms with Crippen molar-refractivity contribution in [3.05, 3.63) is 29.8 Å². The van der Waals surface area contributed by atoms with E-state index in [0.717, 1.165) is 5.56 Å². The Kier molecular flexibility index (Phi) is 8.71. The summed E-state index contributed by atoms with van der Waals surface area (Å²) in [5, 5.41) is 16.6. The Morgan fingerprint density at radius 2 is 1.69 bits per heavy atom. The Bertz CT molecular complexity index is 556. The van der Waals surface area contributed by atoms with Crippen LogP contribution in [0.1, 0.15) is 39.2 Å². The Hall–Kier alpha value is -1.96.